The van der Waals surface area contributed by atoms with E-state index < -0.39 is 5.97 Å². The molecule has 0 bridgehead atoms. The van der Waals surface area contributed by atoms with Crippen LogP contribution in [-0.4, -0.2) is 23.7 Å². The van der Waals surface area contributed by atoms with Gasteiger partial charge in [-0.25, -0.2) is 4.79 Å². The lowest BCUT2D eigenvalue weighted by Crippen LogP contribution is -2.41. The molecule has 19 heavy (non-hydrogen) atoms. The molecule has 5 heteroatoms. The van der Waals surface area contributed by atoms with E-state index in [1.54, 1.807) is 6.07 Å². The molecule has 2 atom stereocenters. The number of nitrogens with zero attached hydrogens (tertiary/aromatic N) is 1. The second-order valence-electron chi connectivity index (χ2n) is 5.38. The number of nitrogens with two attached hydrogens (primary N) is 1. The fourth-order valence-electron chi connectivity index (χ4n) is 2.81. The maximum Gasteiger partial charge on any atom is 0.337 e. The van der Waals surface area contributed by atoms with Crippen molar-refractivity contribution in [2.75, 3.05) is 17.2 Å². The van der Waals surface area contributed by atoms with Crippen LogP contribution in [0.5, 0.6) is 0 Å². The van der Waals surface area contributed by atoms with Crippen LogP contribution in [0.4, 0.5) is 11.4 Å². The summed E-state index contributed by atoms with van der Waals surface area (Å²) in [6, 6.07) is 3.38. The van der Waals surface area contributed by atoms with Crippen LogP contribution in [0.1, 0.15) is 37.0 Å². The average Bonchev–Trinajstić information content (AvgIpc) is 2.29. The van der Waals surface area contributed by atoms with Gasteiger partial charge >= 0.3 is 5.97 Å². The fourth-order valence-corrected chi connectivity index (χ4v) is 3.15. The highest BCUT2D eigenvalue weighted by atomic mass is 35.5. The summed E-state index contributed by atoms with van der Waals surface area (Å²) in [7, 11) is 0. The number of carbonyl (C=O) groups is 1. The maximum atomic E-state index is 11.4. The average molecular weight is 283 g/mol. The first-order valence-electron chi connectivity index (χ1n) is 6.49. The lowest BCUT2D eigenvalue weighted by molar-refractivity contribution is 0.0697. The van der Waals surface area contributed by atoms with Crippen molar-refractivity contribution in [3.63, 3.8) is 0 Å². The molecule has 0 aromatic heterocycles. The predicted molar refractivity (Wildman–Crippen MR) is 78.0 cm³/mol. The highest BCUT2D eigenvalue weighted by molar-refractivity contribution is 6.34. The molecule has 1 heterocycles. The third kappa shape index (κ3) is 2.78. The second kappa shape index (κ2) is 5.29. The number of aromatic carboxylic acids is 1. The Kier molecular flexibility index (Phi) is 3.90. The molecule has 1 aliphatic heterocycles. The van der Waals surface area contributed by atoms with Gasteiger partial charge in [-0.2, -0.15) is 0 Å². The standard InChI is InChI=1S/C14H19ClN2O2/c1-8-3-4-17(9(2)5-8)13-11(14(18)19)6-10(16)7-12(13)15/h6-9H,3-5,16H2,1-2H3,(H,18,19). The van der Waals surface area contributed by atoms with Crippen molar-refractivity contribution in [3.8, 4) is 0 Å². The lowest BCUT2D eigenvalue weighted by Gasteiger charge is -2.39. The number of halogens is 1. The molecule has 0 saturated carbocycles. The Balaban J connectivity index is 2.46. The zero-order valence-corrected chi connectivity index (χ0v) is 11.9. The molecule has 0 amide bonds. The van der Waals surface area contributed by atoms with Crippen LogP contribution in [0, 0.1) is 5.92 Å². The van der Waals surface area contributed by atoms with E-state index in [0.717, 1.165) is 19.4 Å². The summed E-state index contributed by atoms with van der Waals surface area (Å²) in [5.41, 5.74) is 6.85. The molecule has 4 nitrogen and oxygen atoms in total. The molecule has 1 fully saturated rings. The maximum absolute atomic E-state index is 11.4. The van der Waals surface area contributed by atoms with Gasteiger partial charge in [-0.1, -0.05) is 18.5 Å². The SMILES string of the molecule is CC1CCN(c2c(Cl)cc(N)cc2C(=O)O)C(C)C1. The quantitative estimate of drug-likeness (QED) is 0.817. The summed E-state index contributed by atoms with van der Waals surface area (Å²) in [6.07, 6.45) is 2.09. The number of anilines is 2. The van der Waals surface area contributed by atoms with E-state index in [4.69, 9.17) is 17.3 Å². The van der Waals surface area contributed by atoms with Gasteiger partial charge in [-0.05, 0) is 37.8 Å². The minimum Gasteiger partial charge on any atom is -0.478 e. The molecule has 1 aromatic carbocycles. The summed E-state index contributed by atoms with van der Waals surface area (Å²) < 4.78 is 0. The summed E-state index contributed by atoms with van der Waals surface area (Å²) >= 11 is 6.23. The number of benzene rings is 1. The van der Waals surface area contributed by atoms with Gasteiger partial charge in [0, 0.05) is 18.3 Å². The van der Waals surface area contributed by atoms with Crippen molar-refractivity contribution in [1.29, 1.82) is 0 Å². The summed E-state index contributed by atoms with van der Waals surface area (Å²) in [5.74, 6) is -0.331. The Hall–Kier alpha value is -1.42. The molecule has 0 radical (unpaired) electrons. The molecule has 1 aromatic rings. The van der Waals surface area contributed by atoms with E-state index in [9.17, 15) is 9.90 Å². The summed E-state index contributed by atoms with van der Waals surface area (Å²) in [6.45, 7) is 5.15. The van der Waals surface area contributed by atoms with Crippen LogP contribution >= 0.6 is 11.6 Å². The van der Waals surface area contributed by atoms with Gasteiger partial charge in [-0.15, -0.1) is 0 Å². The van der Waals surface area contributed by atoms with E-state index >= 15 is 0 Å². The highest BCUT2D eigenvalue weighted by Gasteiger charge is 2.28. The lowest BCUT2D eigenvalue weighted by atomic mass is 9.92. The van der Waals surface area contributed by atoms with Crippen LogP contribution in [0.2, 0.25) is 5.02 Å². The van der Waals surface area contributed by atoms with E-state index in [0.29, 0.717) is 22.3 Å². The molecule has 104 valence electrons. The van der Waals surface area contributed by atoms with Crippen molar-refractivity contribution >= 4 is 28.9 Å². The predicted octanol–water partition coefficient (Wildman–Crippen LogP) is 3.25. The largest absolute Gasteiger partial charge is 0.478 e. The molecular formula is C14H19ClN2O2. The van der Waals surface area contributed by atoms with Gasteiger partial charge in [0.15, 0.2) is 0 Å². The summed E-state index contributed by atoms with van der Waals surface area (Å²) in [5, 5.41) is 9.76. The topological polar surface area (TPSA) is 66.6 Å². The van der Waals surface area contributed by atoms with Gasteiger partial charge in [0.2, 0.25) is 0 Å². The van der Waals surface area contributed by atoms with Crippen molar-refractivity contribution in [1.82, 2.24) is 0 Å². The monoisotopic (exact) mass is 282 g/mol. The third-order valence-corrected chi connectivity index (χ3v) is 4.03. The van der Waals surface area contributed by atoms with E-state index in [1.807, 2.05) is 0 Å². The number of piperidine rings is 1. The number of hydrogen-bond donors (Lipinski definition) is 2. The third-order valence-electron chi connectivity index (χ3n) is 3.74. The Morgan fingerprint density at radius 2 is 2.16 bits per heavy atom. The highest BCUT2D eigenvalue weighted by Crippen LogP contribution is 2.37. The zero-order valence-electron chi connectivity index (χ0n) is 11.2. The van der Waals surface area contributed by atoms with Crippen molar-refractivity contribution < 1.29 is 9.90 Å². The van der Waals surface area contributed by atoms with Crippen LogP contribution in [0.3, 0.4) is 0 Å². The Morgan fingerprint density at radius 3 is 2.74 bits per heavy atom. The Bertz CT molecular complexity index is 504. The number of carboxylic acids is 1. The summed E-state index contributed by atoms with van der Waals surface area (Å²) in [4.78, 5) is 13.5. The minimum absolute atomic E-state index is 0.186. The van der Waals surface area contributed by atoms with Gasteiger partial charge in [0.05, 0.1) is 16.3 Å². The van der Waals surface area contributed by atoms with Crippen LogP contribution in [0.25, 0.3) is 0 Å². The van der Waals surface area contributed by atoms with Crippen molar-refractivity contribution in [2.45, 2.75) is 32.7 Å². The number of carboxylic acid groups (broad SMARTS) is 1. The first kappa shape index (κ1) is 14.0. The van der Waals surface area contributed by atoms with Gasteiger partial charge in [0.1, 0.15) is 0 Å². The van der Waals surface area contributed by atoms with Gasteiger partial charge in [0.25, 0.3) is 0 Å². The second-order valence-corrected chi connectivity index (χ2v) is 5.78. The van der Waals surface area contributed by atoms with Crippen molar-refractivity contribution in [2.24, 2.45) is 5.92 Å². The normalized spacial score (nSPS) is 23.4. The molecule has 0 aliphatic carbocycles. The molecule has 1 aliphatic rings. The number of hydrogen-bond acceptors (Lipinski definition) is 3. The van der Waals surface area contributed by atoms with Crippen LogP contribution in [-0.2, 0) is 0 Å². The smallest absolute Gasteiger partial charge is 0.337 e. The molecule has 0 spiro atoms. The minimum atomic E-state index is -0.991. The van der Waals surface area contributed by atoms with Gasteiger partial charge in [-0.3, -0.25) is 0 Å². The molecular weight excluding hydrogens is 264 g/mol. The fraction of sp³-hybridized carbons (Fsp3) is 0.500. The Labute approximate surface area is 118 Å². The van der Waals surface area contributed by atoms with E-state index in [-0.39, 0.29) is 11.6 Å². The molecule has 2 rings (SSSR count). The van der Waals surface area contributed by atoms with Gasteiger partial charge < -0.3 is 15.7 Å². The number of rotatable bonds is 2. The van der Waals surface area contributed by atoms with Crippen LogP contribution < -0.4 is 10.6 Å². The molecule has 1 saturated heterocycles. The van der Waals surface area contributed by atoms with E-state index in [1.165, 1.54) is 6.07 Å². The molecule has 2 unspecified atom stereocenters. The first-order valence-corrected chi connectivity index (χ1v) is 6.87. The Morgan fingerprint density at radius 1 is 1.47 bits per heavy atom. The molecule has 3 N–H and O–H groups in total. The number of nitrogen functional groups attached to an aromatic ring is 1. The van der Waals surface area contributed by atoms with Crippen LogP contribution in [0.15, 0.2) is 12.1 Å². The van der Waals surface area contributed by atoms with Crippen molar-refractivity contribution in [3.05, 3.63) is 22.7 Å². The first-order chi connectivity index (χ1) is 8.90. The zero-order chi connectivity index (χ0) is 14.2. The van der Waals surface area contributed by atoms with E-state index in [2.05, 4.69) is 18.7 Å².